The third-order valence-corrected chi connectivity index (χ3v) is 4.53. The van der Waals surface area contributed by atoms with Crippen LogP contribution in [-0.4, -0.2) is 34.8 Å². The first-order valence-electron chi connectivity index (χ1n) is 5.66. The van der Waals surface area contributed by atoms with Crippen molar-refractivity contribution >= 4 is 57.8 Å². The summed E-state index contributed by atoms with van der Waals surface area (Å²) >= 11 is 0. The highest BCUT2D eigenvalue weighted by molar-refractivity contribution is 8.76. The fourth-order valence-corrected chi connectivity index (χ4v) is 2.78. The normalized spacial score (nSPS) is 8.90. The van der Waals surface area contributed by atoms with Gasteiger partial charge in [-0.2, -0.15) is 0 Å². The first-order valence-corrected chi connectivity index (χ1v) is 8.15. The monoisotopic (exact) mass is 378 g/mol. The van der Waals surface area contributed by atoms with Gasteiger partial charge in [-0.25, -0.2) is 0 Å². The molecule has 0 aliphatic heterocycles. The molecule has 0 aromatic heterocycles. The third-order valence-electron chi connectivity index (χ3n) is 2.05. The summed E-state index contributed by atoms with van der Waals surface area (Å²) in [6.07, 6.45) is 0. The number of halogens is 2. The molecule has 0 atom stereocenters. The topological polar surface area (TPSA) is 145 Å². The van der Waals surface area contributed by atoms with Crippen LogP contribution in [0, 0.1) is 6.92 Å². The molecule has 0 heterocycles. The predicted molar refractivity (Wildman–Crippen MR) is 101 cm³/mol. The summed E-state index contributed by atoms with van der Waals surface area (Å²) < 4.78 is 0. The summed E-state index contributed by atoms with van der Waals surface area (Å²) in [4.78, 5) is 0. The van der Waals surface area contributed by atoms with Crippen LogP contribution in [0.1, 0.15) is 5.56 Å². The Hall–Kier alpha value is -0.380. The summed E-state index contributed by atoms with van der Waals surface area (Å²) in [5.74, 6) is 1.84. The number of phenolic OH excluding ortho intramolecular Hbond substituents is 2. The lowest BCUT2D eigenvalue weighted by Crippen LogP contribution is -2.02. The molecular weight excluding hydrogens is 355 g/mol. The van der Waals surface area contributed by atoms with Crippen LogP contribution < -0.4 is 22.9 Å². The predicted octanol–water partition coefficient (Wildman–Crippen LogP) is 1.70. The molecule has 0 bridgehead atoms. The molecule has 1 aromatic carbocycles. The number of hydrogen-bond donors (Lipinski definition) is 6. The maximum atomic E-state index is 9.17. The van der Waals surface area contributed by atoms with Crippen LogP contribution in [-0.2, 0) is 0 Å². The zero-order valence-corrected chi connectivity index (χ0v) is 15.0. The minimum atomic E-state index is -0.114. The maximum absolute atomic E-state index is 9.17. The molecule has 0 saturated carbocycles. The van der Waals surface area contributed by atoms with Gasteiger partial charge in [0.05, 0.1) is 11.4 Å². The summed E-state index contributed by atoms with van der Waals surface area (Å²) in [5, 5.41) is 18.3. The summed E-state index contributed by atoms with van der Waals surface area (Å²) in [7, 11) is 3.58. The second-order valence-electron chi connectivity index (χ2n) is 3.60. The Morgan fingerprint density at radius 3 is 1.52 bits per heavy atom. The van der Waals surface area contributed by atoms with Crippen LogP contribution in [0.25, 0.3) is 0 Å². The molecule has 0 unspecified atom stereocenters. The lowest BCUT2D eigenvalue weighted by molar-refractivity contribution is 0.446. The molecule has 0 aliphatic carbocycles. The molecule has 0 saturated heterocycles. The van der Waals surface area contributed by atoms with Crippen molar-refractivity contribution in [1.29, 1.82) is 0 Å². The van der Waals surface area contributed by atoms with Gasteiger partial charge in [-0.15, -0.1) is 24.8 Å². The van der Waals surface area contributed by atoms with Crippen molar-refractivity contribution < 1.29 is 10.2 Å². The van der Waals surface area contributed by atoms with Gasteiger partial charge < -0.3 is 33.1 Å². The van der Waals surface area contributed by atoms with Gasteiger partial charge in [0.15, 0.2) is 0 Å². The van der Waals surface area contributed by atoms with Crippen molar-refractivity contribution in [1.82, 2.24) is 0 Å². The van der Waals surface area contributed by atoms with E-state index in [2.05, 4.69) is 0 Å². The minimum absolute atomic E-state index is 0. The van der Waals surface area contributed by atoms with Gasteiger partial charge >= 0.3 is 0 Å². The van der Waals surface area contributed by atoms with Crippen molar-refractivity contribution in [3.63, 3.8) is 0 Å². The second kappa shape index (κ2) is 14.6. The van der Waals surface area contributed by atoms with E-state index in [0.717, 1.165) is 24.6 Å². The highest BCUT2D eigenvalue weighted by Crippen LogP contribution is 2.36. The van der Waals surface area contributed by atoms with Crippen LogP contribution in [0.3, 0.4) is 0 Å². The standard InChI is InChI=1S/C7H10N2O2.C4H12N2S2.2ClH/c1-3-6(10)4(8)2-5(9)7(3)11;5-1-3-7-8-4-2-6;;/h2,10-11H,8-9H2,1H3;1-6H2;2*1H. The summed E-state index contributed by atoms with van der Waals surface area (Å²) in [5.41, 5.74) is 21.9. The highest BCUT2D eigenvalue weighted by atomic mass is 35.5. The van der Waals surface area contributed by atoms with E-state index in [1.165, 1.54) is 13.0 Å². The zero-order valence-electron chi connectivity index (χ0n) is 11.7. The smallest absolute Gasteiger partial charge is 0.145 e. The van der Waals surface area contributed by atoms with E-state index in [0.29, 0.717) is 5.56 Å². The largest absolute Gasteiger partial charge is 0.505 e. The van der Waals surface area contributed by atoms with Gasteiger partial charge in [0, 0.05) is 30.2 Å². The van der Waals surface area contributed by atoms with Gasteiger partial charge in [-0.05, 0) is 13.0 Å². The van der Waals surface area contributed by atoms with Crippen LogP contribution in [0.15, 0.2) is 6.07 Å². The van der Waals surface area contributed by atoms with E-state index in [9.17, 15) is 10.2 Å². The minimum Gasteiger partial charge on any atom is -0.505 e. The molecule has 0 spiro atoms. The van der Waals surface area contributed by atoms with Crippen molar-refractivity contribution in [3.05, 3.63) is 11.6 Å². The number of anilines is 2. The number of nitrogen functional groups attached to an aromatic ring is 2. The quantitative estimate of drug-likeness (QED) is 0.149. The Morgan fingerprint density at radius 1 is 0.905 bits per heavy atom. The van der Waals surface area contributed by atoms with E-state index in [-0.39, 0.29) is 47.7 Å². The molecule has 0 amide bonds. The van der Waals surface area contributed by atoms with Crippen molar-refractivity contribution in [3.8, 4) is 11.5 Å². The van der Waals surface area contributed by atoms with Crippen LogP contribution in [0.2, 0.25) is 0 Å². The van der Waals surface area contributed by atoms with Gasteiger partial charge in [0.25, 0.3) is 0 Å². The molecular formula is C11H24Cl2N4O2S2. The summed E-state index contributed by atoms with van der Waals surface area (Å²) in [6.45, 7) is 3.07. The molecule has 10 N–H and O–H groups in total. The van der Waals surface area contributed by atoms with E-state index >= 15 is 0 Å². The Bertz CT molecular complexity index is 369. The molecule has 1 rings (SSSR count). The van der Waals surface area contributed by atoms with Crippen molar-refractivity contribution in [2.75, 3.05) is 36.1 Å². The first kappa shape index (κ1) is 25.6. The SMILES string of the molecule is Cc1c(O)c(N)cc(N)c1O.Cl.Cl.NCCSSCCN. The van der Waals surface area contributed by atoms with Crippen LogP contribution in [0.4, 0.5) is 11.4 Å². The molecule has 21 heavy (non-hydrogen) atoms. The third kappa shape index (κ3) is 10.0. The Morgan fingerprint density at radius 2 is 1.24 bits per heavy atom. The second-order valence-corrected chi connectivity index (χ2v) is 6.30. The van der Waals surface area contributed by atoms with E-state index < -0.39 is 0 Å². The van der Waals surface area contributed by atoms with Crippen LogP contribution >= 0.6 is 46.4 Å². The number of benzene rings is 1. The lowest BCUT2D eigenvalue weighted by Gasteiger charge is -2.07. The maximum Gasteiger partial charge on any atom is 0.145 e. The van der Waals surface area contributed by atoms with Gasteiger partial charge in [0.1, 0.15) is 11.5 Å². The van der Waals surface area contributed by atoms with E-state index in [4.69, 9.17) is 22.9 Å². The van der Waals surface area contributed by atoms with E-state index in [1.807, 2.05) is 0 Å². The number of nitrogens with two attached hydrogens (primary N) is 4. The first-order chi connectivity index (χ1) is 8.95. The van der Waals surface area contributed by atoms with Gasteiger partial charge in [-0.1, -0.05) is 21.6 Å². The molecule has 6 nitrogen and oxygen atoms in total. The molecule has 126 valence electrons. The average Bonchev–Trinajstić information content (AvgIpc) is 2.40. The van der Waals surface area contributed by atoms with Gasteiger partial charge in [0.2, 0.25) is 0 Å². The number of rotatable bonds is 5. The number of phenols is 2. The van der Waals surface area contributed by atoms with Crippen molar-refractivity contribution in [2.45, 2.75) is 6.92 Å². The van der Waals surface area contributed by atoms with Crippen molar-refractivity contribution in [2.24, 2.45) is 11.5 Å². The fourth-order valence-electron chi connectivity index (χ4n) is 1.06. The fraction of sp³-hybridized carbons (Fsp3) is 0.455. The Balaban J connectivity index is -0.000000295. The molecule has 1 aromatic rings. The molecule has 10 heteroatoms. The average molecular weight is 379 g/mol. The number of hydrogen-bond acceptors (Lipinski definition) is 8. The molecule has 0 fully saturated rings. The molecule has 0 radical (unpaired) electrons. The zero-order chi connectivity index (χ0) is 14.8. The Kier molecular flexibility index (Phi) is 17.7. The number of aromatic hydroxyl groups is 2. The van der Waals surface area contributed by atoms with Crippen LogP contribution in [0.5, 0.6) is 11.5 Å². The highest BCUT2D eigenvalue weighted by Gasteiger charge is 2.08. The molecule has 0 aliphatic rings. The summed E-state index contributed by atoms with van der Waals surface area (Å²) in [6, 6.07) is 1.32. The van der Waals surface area contributed by atoms with Gasteiger partial charge in [-0.3, -0.25) is 0 Å². The Labute approximate surface area is 145 Å². The lowest BCUT2D eigenvalue weighted by atomic mass is 10.1. The van der Waals surface area contributed by atoms with E-state index in [1.54, 1.807) is 21.6 Å².